The average Bonchev–Trinajstić information content (AvgIpc) is 2.46. The lowest BCUT2D eigenvalue weighted by Crippen LogP contribution is -2.06. The third kappa shape index (κ3) is 4.13. The molecule has 0 aliphatic carbocycles. The summed E-state index contributed by atoms with van der Waals surface area (Å²) in [6.45, 7) is 0.224. The number of benzene rings is 2. The summed E-state index contributed by atoms with van der Waals surface area (Å²) < 4.78 is 11.2. The van der Waals surface area contributed by atoms with Gasteiger partial charge < -0.3 is 9.47 Å². The highest BCUT2D eigenvalue weighted by molar-refractivity contribution is 9.10. The van der Waals surface area contributed by atoms with Crippen LogP contribution in [-0.2, 0) is 11.3 Å². The minimum atomic E-state index is -0.464. The zero-order valence-corrected chi connectivity index (χ0v) is 14.1. The quantitative estimate of drug-likeness (QED) is 0.680. The molecule has 0 N–H and O–H groups in total. The van der Waals surface area contributed by atoms with E-state index in [1.165, 1.54) is 7.11 Å². The van der Waals surface area contributed by atoms with Gasteiger partial charge in [0.25, 0.3) is 0 Å². The molecule has 0 fully saturated rings. The summed E-state index contributed by atoms with van der Waals surface area (Å²) in [5.41, 5.74) is 1.12. The van der Waals surface area contributed by atoms with Crippen LogP contribution in [0.4, 0.5) is 0 Å². The molecule has 0 saturated heterocycles. The maximum atomic E-state index is 11.7. The van der Waals surface area contributed by atoms with Gasteiger partial charge in [0, 0.05) is 20.1 Å². The van der Waals surface area contributed by atoms with Crippen molar-refractivity contribution >= 4 is 45.1 Å². The van der Waals surface area contributed by atoms with Gasteiger partial charge in [0.2, 0.25) is 0 Å². The molecule has 21 heavy (non-hydrogen) atoms. The SMILES string of the molecule is COC(=O)c1cc(Br)ccc1OCc1ccc(Cl)cc1Cl. The van der Waals surface area contributed by atoms with E-state index >= 15 is 0 Å². The first-order chi connectivity index (χ1) is 10.0. The van der Waals surface area contributed by atoms with Gasteiger partial charge in [-0.15, -0.1) is 0 Å². The molecule has 3 nitrogen and oxygen atoms in total. The number of ether oxygens (including phenoxy) is 2. The van der Waals surface area contributed by atoms with Crippen LogP contribution in [0.25, 0.3) is 0 Å². The lowest BCUT2D eigenvalue weighted by atomic mass is 10.2. The fourth-order valence-electron chi connectivity index (χ4n) is 1.69. The Morgan fingerprint density at radius 1 is 1.19 bits per heavy atom. The lowest BCUT2D eigenvalue weighted by Gasteiger charge is -2.11. The summed E-state index contributed by atoms with van der Waals surface area (Å²) in [5, 5.41) is 1.07. The number of rotatable bonds is 4. The highest BCUT2D eigenvalue weighted by Crippen LogP contribution is 2.27. The first kappa shape index (κ1) is 16.1. The number of halogens is 3. The number of carbonyl (C=O) groups excluding carboxylic acids is 1. The molecule has 6 heteroatoms. The van der Waals surface area contributed by atoms with Crippen LogP contribution in [0, 0.1) is 0 Å². The molecule has 0 radical (unpaired) electrons. The van der Waals surface area contributed by atoms with Crippen molar-refractivity contribution in [1.29, 1.82) is 0 Å². The molecular weight excluding hydrogens is 379 g/mol. The zero-order chi connectivity index (χ0) is 15.4. The van der Waals surface area contributed by atoms with E-state index in [4.69, 9.17) is 32.7 Å². The highest BCUT2D eigenvalue weighted by Gasteiger charge is 2.14. The molecule has 2 rings (SSSR count). The molecule has 0 aliphatic heterocycles. The van der Waals surface area contributed by atoms with Crippen LogP contribution in [0.2, 0.25) is 10.0 Å². The van der Waals surface area contributed by atoms with Crippen molar-refractivity contribution in [2.45, 2.75) is 6.61 Å². The van der Waals surface area contributed by atoms with E-state index in [0.29, 0.717) is 21.4 Å². The number of methoxy groups -OCH3 is 1. The third-order valence-electron chi connectivity index (χ3n) is 2.75. The summed E-state index contributed by atoms with van der Waals surface area (Å²) >= 11 is 15.2. The molecule has 2 aromatic rings. The Kier molecular flexibility index (Phi) is 5.51. The molecule has 0 amide bonds. The topological polar surface area (TPSA) is 35.5 Å². The second kappa shape index (κ2) is 7.16. The number of carbonyl (C=O) groups is 1. The van der Waals surface area contributed by atoms with E-state index in [0.717, 1.165) is 10.0 Å². The van der Waals surface area contributed by atoms with Gasteiger partial charge >= 0.3 is 5.97 Å². The van der Waals surface area contributed by atoms with Gasteiger partial charge in [-0.3, -0.25) is 0 Å². The molecular formula is C15H11BrCl2O3. The molecule has 0 aromatic heterocycles. The third-order valence-corrected chi connectivity index (χ3v) is 3.83. The van der Waals surface area contributed by atoms with Crippen LogP contribution in [0.5, 0.6) is 5.75 Å². The number of hydrogen-bond donors (Lipinski definition) is 0. The maximum absolute atomic E-state index is 11.7. The molecule has 0 heterocycles. The van der Waals surface area contributed by atoms with Crippen molar-refractivity contribution < 1.29 is 14.3 Å². The van der Waals surface area contributed by atoms with Gasteiger partial charge in [0.15, 0.2) is 0 Å². The van der Waals surface area contributed by atoms with E-state index in [1.807, 2.05) is 0 Å². The van der Waals surface area contributed by atoms with E-state index in [-0.39, 0.29) is 6.61 Å². The molecule has 0 bridgehead atoms. The zero-order valence-electron chi connectivity index (χ0n) is 11.0. The maximum Gasteiger partial charge on any atom is 0.341 e. The molecule has 0 aliphatic rings. The first-order valence-electron chi connectivity index (χ1n) is 5.96. The van der Waals surface area contributed by atoms with E-state index in [9.17, 15) is 4.79 Å². The van der Waals surface area contributed by atoms with Crippen LogP contribution < -0.4 is 4.74 Å². The van der Waals surface area contributed by atoms with Crippen LogP contribution in [0.3, 0.4) is 0 Å². The second-order valence-electron chi connectivity index (χ2n) is 4.16. The van der Waals surface area contributed by atoms with Gasteiger partial charge in [-0.1, -0.05) is 45.2 Å². The number of hydrogen-bond acceptors (Lipinski definition) is 3. The minimum absolute atomic E-state index is 0.224. The second-order valence-corrected chi connectivity index (χ2v) is 5.92. The lowest BCUT2D eigenvalue weighted by molar-refractivity contribution is 0.0595. The molecule has 0 spiro atoms. The van der Waals surface area contributed by atoms with Gasteiger partial charge in [0.05, 0.1) is 7.11 Å². The van der Waals surface area contributed by atoms with Gasteiger partial charge in [-0.25, -0.2) is 4.79 Å². The smallest absolute Gasteiger partial charge is 0.341 e. The largest absolute Gasteiger partial charge is 0.488 e. The number of esters is 1. The summed E-state index contributed by atoms with van der Waals surface area (Å²) in [5.74, 6) is -0.0374. The molecule has 0 saturated carbocycles. The van der Waals surface area contributed by atoms with Crippen molar-refractivity contribution in [2.75, 3.05) is 7.11 Å². The average molecular weight is 390 g/mol. The van der Waals surface area contributed by atoms with Crippen LogP contribution in [0.1, 0.15) is 15.9 Å². The molecule has 110 valence electrons. The van der Waals surface area contributed by atoms with E-state index in [2.05, 4.69) is 15.9 Å². The van der Waals surface area contributed by atoms with Gasteiger partial charge in [-0.05, 0) is 30.3 Å². The Hall–Kier alpha value is -1.23. The predicted molar refractivity (Wildman–Crippen MR) is 86.3 cm³/mol. The Bertz CT molecular complexity index is 674. The standard InChI is InChI=1S/C15H11BrCl2O3/c1-20-15(19)12-6-10(16)3-5-14(12)21-8-9-2-4-11(17)7-13(9)18/h2-7H,8H2,1H3. The normalized spacial score (nSPS) is 10.3. The predicted octanol–water partition coefficient (Wildman–Crippen LogP) is 5.12. The first-order valence-corrected chi connectivity index (χ1v) is 7.50. The monoisotopic (exact) mass is 388 g/mol. The molecule has 0 unspecified atom stereocenters. The van der Waals surface area contributed by atoms with Crippen molar-refractivity contribution in [3.8, 4) is 5.75 Å². The summed E-state index contributed by atoms with van der Waals surface area (Å²) in [4.78, 5) is 11.7. The Balaban J connectivity index is 2.21. The van der Waals surface area contributed by atoms with Crippen LogP contribution >= 0.6 is 39.1 Å². The molecule has 0 atom stereocenters. The Morgan fingerprint density at radius 2 is 1.95 bits per heavy atom. The summed E-state index contributed by atoms with van der Waals surface area (Å²) in [6, 6.07) is 10.3. The van der Waals surface area contributed by atoms with Crippen LogP contribution in [-0.4, -0.2) is 13.1 Å². The van der Waals surface area contributed by atoms with Crippen molar-refractivity contribution in [2.24, 2.45) is 0 Å². The van der Waals surface area contributed by atoms with Crippen molar-refractivity contribution in [3.05, 3.63) is 62.0 Å². The Labute approximate surface area is 140 Å². The summed E-state index contributed by atoms with van der Waals surface area (Å²) in [7, 11) is 1.32. The minimum Gasteiger partial charge on any atom is -0.488 e. The van der Waals surface area contributed by atoms with Gasteiger partial charge in [0.1, 0.15) is 17.9 Å². The Morgan fingerprint density at radius 3 is 2.62 bits per heavy atom. The van der Waals surface area contributed by atoms with Crippen molar-refractivity contribution in [1.82, 2.24) is 0 Å². The fraction of sp³-hybridized carbons (Fsp3) is 0.133. The molecule has 2 aromatic carbocycles. The van der Waals surface area contributed by atoms with Crippen LogP contribution in [0.15, 0.2) is 40.9 Å². The van der Waals surface area contributed by atoms with E-state index in [1.54, 1.807) is 36.4 Å². The van der Waals surface area contributed by atoms with Crippen molar-refractivity contribution in [3.63, 3.8) is 0 Å². The summed E-state index contributed by atoms with van der Waals surface area (Å²) in [6.07, 6.45) is 0. The van der Waals surface area contributed by atoms with E-state index < -0.39 is 5.97 Å². The fourth-order valence-corrected chi connectivity index (χ4v) is 2.52. The highest BCUT2D eigenvalue weighted by atomic mass is 79.9. The van der Waals surface area contributed by atoms with Gasteiger partial charge in [-0.2, -0.15) is 0 Å².